The average Bonchev–Trinajstić information content (AvgIpc) is 2.47. The molecule has 106 valence electrons. The Morgan fingerprint density at radius 3 is 2.37 bits per heavy atom. The van der Waals surface area contributed by atoms with Crippen LogP contribution in [0.5, 0.6) is 5.75 Å². The Labute approximate surface area is 119 Å². The number of esters is 1. The second kappa shape index (κ2) is 8.10. The molecule has 0 aliphatic carbocycles. The SMILES string of the molecule is CCC(C)[C@@H](SCc1ccc(OC)cc1)C(=O)OC. The number of carbonyl (C=O) groups excluding carboxylic acids is 1. The van der Waals surface area contributed by atoms with Crippen molar-refractivity contribution in [3.63, 3.8) is 0 Å². The van der Waals surface area contributed by atoms with E-state index in [-0.39, 0.29) is 11.2 Å². The van der Waals surface area contributed by atoms with Crippen LogP contribution < -0.4 is 4.74 Å². The van der Waals surface area contributed by atoms with Crippen LogP contribution in [-0.2, 0) is 15.3 Å². The molecule has 19 heavy (non-hydrogen) atoms. The topological polar surface area (TPSA) is 35.5 Å². The van der Waals surface area contributed by atoms with Crippen molar-refractivity contribution >= 4 is 17.7 Å². The van der Waals surface area contributed by atoms with E-state index in [9.17, 15) is 4.79 Å². The van der Waals surface area contributed by atoms with Crippen molar-refractivity contribution < 1.29 is 14.3 Å². The molecule has 0 N–H and O–H groups in total. The van der Waals surface area contributed by atoms with Crippen molar-refractivity contribution in [1.29, 1.82) is 0 Å². The van der Waals surface area contributed by atoms with Crippen LogP contribution in [-0.4, -0.2) is 25.4 Å². The van der Waals surface area contributed by atoms with E-state index in [4.69, 9.17) is 9.47 Å². The van der Waals surface area contributed by atoms with Crippen LogP contribution in [0.25, 0.3) is 0 Å². The third-order valence-electron chi connectivity index (χ3n) is 3.18. The zero-order chi connectivity index (χ0) is 14.3. The second-order valence-electron chi connectivity index (χ2n) is 4.49. The smallest absolute Gasteiger partial charge is 0.319 e. The lowest BCUT2D eigenvalue weighted by molar-refractivity contribution is -0.140. The number of hydrogen-bond acceptors (Lipinski definition) is 4. The molecule has 0 amide bonds. The van der Waals surface area contributed by atoms with Crippen molar-refractivity contribution in [1.82, 2.24) is 0 Å². The molecule has 0 bridgehead atoms. The highest BCUT2D eigenvalue weighted by molar-refractivity contribution is 7.99. The number of thioether (sulfide) groups is 1. The molecule has 0 aliphatic rings. The standard InChI is InChI=1S/C15H22O3S/c1-5-11(2)14(15(16)18-4)19-10-12-6-8-13(17-3)9-7-12/h6-9,11,14H,5,10H2,1-4H3/t11?,14-/m1/s1. The molecule has 0 fully saturated rings. The van der Waals surface area contributed by atoms with Gasteiger partial charge in [0, 0.05) is 5.75 Å². The van der Waals surface area contributed by atoms with Gasteiger partial charge in [-0.1, -0.05) is 32.4 Å². The normalized spacial score (nSPS) is 13.7. The fraction of sp³-hybridized carbons (Fsp3) is 0.533. The summed E-state index contributed by atoms with van der Waals surface area (Å²) in [6.45, 7) is 4.18. The van der Waals surface area contributed by atoms with Gasteiger partial charge < -0.3 is 9.47 Å². The Morgan fingerprint density at radius 1 is 1.26 bits per heavy atom. The third-order valence-corrected chi connectivity index (χ3v) is 4.70. The van der Waals surface area contributed by atoms with Crippen molar-refractivity contribution in [3.8, 4) is 5.75 Å². The first-order valence-electron chi connectivity index (χ1n) is 6.44. The molecule has 0 heterocycles. The molecule has 0 radical (unpaired) electrons. The summed E-state index contributed by atoms with van der Waals surface area (Å²) in [6, 6.07) is 7.92. The summed E-state index contributed by atoms with van der Waals surface area (Å²) >= 11 is 1.64. The number of methoxy groups -OCH3 is 2. The van der Waals surface area contributed by atoms with Crippen LogP contribution in [0.4, 0.5) is 0 Å². The second-order valence-corrected chi connectivity index (χ2v) is 5.62. The summed E-state index contributed by atoms with van der Waals surface area (Å²) in [4.78, 5) is 11.8. The highest BCUT2D eigenvalue weighted by atomic mass is 32.2. The van der Waals surface area contributed by atoms with Crippen LogP contribution in [0.15, 0.2) is 24.3 Å². The van der Waals surface area contributed by atoms with Gasteiger partial charge >= 0.3 is 5.97 Å². The largest absolute Gasteiger partial charge is 0.497 e. The lowest BCUT2D eigenvalue weighted by atomic mass is 10.1. The van der Waals surface area contributed by atoms with Crippen LogP contribution in [0.2, 0.25) is 0 Å². The Balaban J connectivity index is 2.62. The lowest BCUT2D eigenvalue weighted by Crippen LogP contribution is -2.26. The van der Waals surface area contributed by atoms with E-state index >= 15 is 0 Å². The van der Waals surface area contributed by atoms with E-state index in [1.807, 2.05) is 24.3 Å². The van der Waals surface area contributed by atoms with Gasteiger partial charge in [0.25, 0.3) is 0 Å². The first-order valence-corrected chi connectivity index (χ1v) is 7.49. The molecule has 3 nitrogen and oxygen atoms in total. The van der Waals surface area contributed by atoms with Crippen LogP contribution in [0.1, 0.15) is 25.8 Å². The quantitative estimate of drug-likeness (QED) is 0.717. The maximum atomic E-state index is 11.8. The molecule has 0 spiro atoms. The number of carbonyl (C=O) groups is 1. The van der Waals surface area contributed by atoms with Gasteiger partial charge in [-0.3, -0.25) is 4.79 Å². The number of ether oxygens (including phenoxy) is 2. The minimum Gasteiger partial charge on any atom is -0.497 e. The van der Waals surface area contributed by atoms with Crippen LogP contribution in [0, 0.1) is 5.92 Å². The third kappa shape index (κ3) is 4.78. The Hall–Kier alpha value is -1.16. The van der Waals surface area contributed by atoms with Crippen LogP contribution >= 0.6 is 11.8 Å². The number of hydrogen-bond donors (Lipinski definition) is 0. The molecule has 2 atom stereocenters. The van der Waals surface area contributed by atoms with Gasteiger partial charge in [-0.25, -0.2) is 0 Å². The first-order chi connectivity index (χ1) is 9.12. The predicted molar refractivity (Wildman–Crippen MR) is 79.5 cm³/mol. The Morgan fingerprint density at radius 2 is 1.89 bits per heavy atom. The van der Waals surface area contributed by atoms with Gasteiger partial charge in [-0.05, 0) is 23.6 Å². The van der Waals surface area contributed by atoms with E-state index in [0.717, 1.165) is 17.9 Å². The summed E-state index contributed by atoms with van der Waals surface area (Å²) in [5.74, 6) is 1.83. The van der Waals surface area contributed by atoms with Gasteiger partial charge in [0.1, 0.15) is 11.0 Å². The fourth-order valence-electron chi connectivity index (χ4n) is 1.70. The molecular weight excluding hydrogens is 260 g/mol. The summed E-state index contributed by atoms with van der Waals surface area (Å²) in [6.07, 6.45) is 0.968. The molecule has 0 saturated heterocycles. The molecule has 0 aromatic heterocycles. The predicted octanol–water partition coefficient (Wildman–Crippen LogP) is 3.52. The monoisotopic (exact) mass is 282 g/mol. The number of rotatable bonds is 7. The zero-order valence-electron chi connectivity index (χ0n) is 12.0. The highest BCUT2D eigenvalue weighted by Crippen LogP contribution is 2.27. The molecule has 1 aromatic carbocycles. The van der Waals surface area contributed by atoms with Crippen molar-refractivity contribution in [2.75, 3.05) is 14.2 Å². The van der Waals surface area contributed by atoms with Crippen molar-refractivity contribution in [2.45, 2.75) is 31.3 Å². The lowest BCUT2D eigenvalue weighted by Gasteiger charge is -2.20. The number of benzene rings is 1. The van der Waals surface area contributed by atoms with Crippen LogP contribution in [0.3, 0.4) is 0 Å². The molecule has 1 aromatic rings. The molecule has 0 aliphatic heterocycles. The molecule has 1 rings (SSSR count). The molecule has 1 unspecified atom stereocenters. The Bertz CT molecular complexity index is 389. The summed E-state index contributed by atoms with van der Waals surface area (Å²) in [5, 5.41) is -0.0999. The van der Waals surface area contributed by atoms with Crippen molar-refractivity contribution in [3.05, 3.63) is 29.8 Å². The fourth-order valence-corrected chi connectivity index (χ4v) is 3.02. The van der Waals surface area contributed by atoms with E-state index < -0.39 is 0 Å². The molecule has 0 saturated carbocycles. The summed E-state index contributed by atoms with van der Waals surface area (Å²) in [7, 11) is 3.10. The average molecular weight is 282 g/mol. The zero-order valence-corrected chi connectivity index (χ0v) is 12.8. The van der Waals surface area contributed by atoms with E-state index in [2.05, 4.69) is 13.8 Å². The summed E-state index contributed by atoms with van der Waals surface area (Å²) in [5.41, 5.74) is 1.18. The highest BCUT2D eigenvalue weighted by Gasteiger charge is 2.25. The van der Waals surface area contributed by atoms with Gasteiger partial charge in [-0.2, -0.15) is 0 Å². The first kappa shape index (κ1) is 15.9. The van der Waals surface area contributed by atoms with E-state index in [1.165, 1.54) is 12.7 Å². The maximum absolute atomic E-state index is 11.8. The van der Waals surface area contributed by atoms with Gasteiger partial charge in [-0.15, -0.1) is 11.8 Å². The van der Waals surface area contributed by atoms with Gasteiger partial charge in [0.2, 0.25) is 0 Å². The molecule has 4 heteroatoms. The molecular formula is C15H22O3S. The van der Waals surface area contributed by atoms with E-state index in [0.29, 0.717) is 5.92 Å². The minimum atomic E-state index is -0.132. The Kier molecular flexibility index (Phi) is 6.78. The maximum Gasteiger partial charge on any atom is 0.319 e. The minimum absolute atomic E-state index is 0.0999. The summed E-state index contributed by atoms with van der Waals surface area (Å²) < 4.78 is 10.0. The van der Waals surface area contributed by atoms with Crippen molar-refractivity contribution in [2.24, 2.45) is 5.92 Å². The van der Waals surface area contributed by atoms with Gasteiger partial charge in [0.15, 0.2) is 0 Å². The van der Waals surface area contributed by atoms with E-state index in [1.54, 1.807) is 18.9 Å². The van der Waals surface area contributed by atoms with Gasteiger partial charge in [0.05, 0.1) is 14.2 Å².